The fraction of sp³-hybridized carbons (Fsp3) is 0.250. The molecular weight excluding hydrogens is 284 g/mol. The predicted octanol–water partition coefficient (Wildman–Crippen LogP) is 2.95. The van der Waals surface area contributed by atoms with Crippen molar-refractivity contribution < 1.29 is 0 Å². The lowest BCUT2D eigenvalue weighted by Crippen LogP contribution is -1.99. The topological polar surface area (TPSA) is 58.9 Å². The van der Waals surface area contributed by atoms with Gasteiger partial charge < -0.3 is 0 Å². The van der Waals surface area contributed by atoms with E-state index >= 15 is 0 Å². The molecule has 3 heterocycles. The molecule has 0 amide bonds. The van der Waals surface area contributed by atoms with Crippen LogP contribution in [0.15, 0.2) is 19.6 Å². The second-order valence-electron chi connectivity index (χ2n) is 5.87. The van der Waals surface area contributed by atoms with Gasteiger partial charge in [0.1, 0.15) is 11.4 Å². The summed E-state index contributed by atoms with van der Waals surface area (Å²) >= 11 is 1.57. The van der Waals surface area contributed by atoms with Crippen molar-refractivity contribution in [1.82, 2.24) is 0 Å². The number of hydrogen-bond acceptors (Lipinski definition) is 5. The molecule has 5 rings (SSSR count). The van der Waals surface area contributed by atoms with E-state index in [0.717, 1.165) is 44.8 Å². The molecular formula is C16H10N2O2S. The second kappa shape index (κ2) is 3.36. The quantitative estimate of drug-likeness (QED) is 0.640. The van der Waals surface area contributed by atoms with E-state index in [4.69, 9.17) is 0 Å². The zero-order valence-electron chi connectivity index (χ0n) is 11.5. The van der Waals surface area contributed by atoms with Gasteiger partial charge in [0.25, 0.3) is 0 Å². The Hall–Kier alpha value is -2.14. The Balaban J connectivity index is 2.01. The van der Waals surface area contributed by atoms with E-state index in [1.165, 1.54) is 0 Å². The molecule has 102 valence electrons. The van der Waals surface area contributed by atoms with Crippen LogP contribution in [0.2, 0.25) is 0 Å². The maximum absolute atomic E-state index is 12.6. The number of thiophene rings is 1. The summed E-state index contributed by atoms with van der Waals surface area (Å²) in [6, 6.07) is 0. The molecule has 1 aromatic heterocycles. The van der Waals surface area contributed by atoms with Crippen molar-refractivity contribution in [3.05, 3.63) is 31.6 Å². The van der Waals surface area contributed by atoms with Crippen molar-refractivity contribution in [2.75, 3.05) is 0 Å². The Morgan fingerprint density at radius 1 is 0.810 bits per heavy atom. The SMILES string of the molecule is CC1=Nc2c(c3sc4c5c(c(=O)c4c3c2=O)N=C(C)C5)C1. The number of aliphatic imine (C=N–C) groups is 2. The predicted molar refractivity (Wildman–Crippen MR) is 87.2 cm³/mol. The highest BCUT2D eigenvalue weighted by molar-refractivity contribution is 7.26. The molecule has 2 aliphatic rings. The highest BCUT2D eigenvalue weighted by atomic mass is 32.1. The third-order valence-corrected chi connectivity index (χ3v) is 5.69. The molecule has 0 saturated carbocycles. The molecule has 0 atom stereocenters. The molecule has 0 unspecified atom stereocenters. The molecule has 0 N–H and O–H groups in total. The van der Waals surface area contributed by atoms with Crippen LogP contribution in [0.25, 0.3) is 20.2 Å². The number of fused-ring (bicyclic) bond motifs is 7. The largest absolute Gasteiger partial charge is 0.287 e. The maximum atomic E-state index is 12.6. The van der Waals surface area contributed by atoms with Crippen molar-refractivity contribution in [1.29, 1.82) is 0 Å². The van der Waals surface area contributed by atoms with Gasteiger partial charge in [0, 0.05) is 44.8 Å². The number of rotatable bonds is 0. The first-order chi connectivity index (χ1) is 10.1. The minimum Gasteiger partial charge on any atom is -0.287 e. The van der Waals surface area contributed by atoms with Crippen molar-refractivity contribution in [2.45, 2.75) is 26.7 Å². The fourth-order valence-electron chi connectivity index (χ4n) is 3.55. The summed E-state index contributed by atoms with van der Waals surface area (Å²) < 4.78 is 1.93. The van der Waals surface area contributed by atoms with E-state index in [0.29, 0.717) is 22.1 Å². The average Bonchev–Trinajstić information content (AvgIpc) is 3.15. The van der Waals surface area contributed by atoms with E-state index in [1.807, 2.05) is 13.8 Å². The van der Waals surface area contributed by atoms with Crippen LogP contribution in [0.3, 0.4) is 0 Å². The van der Waals surface area contributed by atoms with Crippen LogP contribution in [-0.4, -0.2) is 11.4 Å². The van der Waals surface area contributed by atoms with Crippen LogP contribution < -0.4 is 10.9 Å². The maximum Gasteiger partial charge on any atom is 0.213 e. The van der Waals surface area contributed by atoms with E-state index in [-0.39, 0.29) is 10.9 Å². The lowest BCUT2D eigenvalue weighted by atomic mass is 10.2. The van der Waals surface area contributed by atoms with Crippen molar-refractivity contribution in [3.63, 3.8) is 0 Å². The second-order valence-corrected chi connectivity index (χ2v) is 6.89. The molecule has 3 aromatic rings. The lowest BCUT2D eigenvalue weighted by Gasteiger charge is -1.89. The summed E-state index contributed by atoms with van der Waals surface area (Å²) in [5.41, 5.74) is 4.91. The molecule has 4 nitrogen and oxygen atoms in total. The summed E-state index contributed by atoms with van der Waals surface area (Å²) in [6.45, 7) is 3.87. The molecule has 0 aliphatic carbocycles. The first-order valence-electron chi connectivity index (χ1n) is 6.88. The van der Waals surface area contributed by atoms with Gasteiger partial charge in [-0.25, -0.2) is 0 Å². The zero-order valence-corrected chi connectivity index (χ0v) is 12.3. The van der Waals surface area contributed by atoms with E-state index < -0.39 is 0 Å². The lowest BCUT2D eigenvalue weighted by molar-refractivity contribution is 1.44. The molecule has 0 fully saturated rings. The third kappa shape index (κ3) is 1.17. The number of hydrogen-bond donors (Lipinski definition) is 0. The molecule has 21 heavy (non-hydrogen) atoms. The van der Waals surface area contributed by atoms with E-state index in [1.54, 1.807) is 11.3 Å². The fourth-order valence-corrected chi connectivity index (χ4v) is 4.93. The van der Waals surface area contributed by atoms with Gasteiger partial charge in [0.2, 0.25) is 10.9 Å². The van der Waals surface area contributed by atoms with Gasteiger partial charge in [-0.2, -0.15) is 0 Å². The summed E-state index contributed by atoms with van der Waals surface area (Å²) in [7, 11) is 0. The highest BCUT2D eigenvalue weighted by Crippen LogP contribution is 2.45. The molecule has 0 spiro atoms. The first-order valence-corrected chi connectivity index (χ1v) is 7.69. The van der Waals surface area contributed by atoms with Gasteiger partial charge in [-0.05, 0) is 13.8 Å². The Kier molecular flexibility index (Phi) is 1.84. The highest BCUT2D eigenvalue weighted by Gasteiger charge is 2.31. The normalized spacial score (nSPS) is 16.7. The minimum absolute atomic E-state index is 0.0791. The first kappa shape index (κ1) is 11.5. The van der Waals surface area contributed by atoms with Gasteiger partial charge in [0.05, 0.1) is 10.8 Å². The molecule has 0 radical (unpaired) electrons. The summed E-state index contributed by atoms with van der Waals surface area (Å²) in [6.07, 6.45) is 1.45. The van der Waals surface area contributed by atoms with Crippen LogP contribution in [0.5, 0.6) is 0 Å². The summed E-state index contributed by atoms with van der Waals surface area (Å²) in [4.78, 5) is 33.9. The summed E-state index contributed by atoms with van der Waals surface area (Å²) in [5.74, 6) is 0. The van der Waals surface area contributed by atoms with Crippen LogP contribution in [0.1, 0.15) is 25.0 Å². The van der Waals surface area contributed by atoms with E-state index in [9.17, 15) is 9.59 Å². The van der Waals surface area contributed by atoms with Crippen LogP contribution in [-0.2, 0) is 12.8 Å². The van der Waals surface area contributed by atoms with Gasteiger partial charge >= 0.3 is 0 Å². The van der Waals surface area contributed by atoms with Crippen molar-refractivity contribution in [3.8, 4) is 0 Å². The Morgan fingerprint density at radius 3 is 1.67 bits per heavy atom. The standard InChI is InChI=1S/C16H10N2O2S/c1-5-3-7-11(17-5)13(19)9-10-14(20)12-8(4-6(2)18-12)16(10)21-15(7)9/h3-4H2,1-2H3. The average molecular weight is 294 g/mol. The number of nitrogens with zero attached hydrogens (tertiary/aromatic N) is 2. The van der Waals surface area contributed by atoms with Gasteiger partial charge in [0.15, 0.2) is 0 Å². The van der Waals surface area contributed by atoms with Crippen LogP contribution in [0.4, 0.5) is 11.4 Å². The monoisotopic (exact) mass is 294 g/mol. The third-order valence-electron chi connectivity index (χ3n) is 4.38. The van der Waals surface area contributed by atoms with Crippen molar-refractivity contribution in [2.24, 2.45) is 9.98 Å². The smallest absolute Gasteiger partial charge is 0.213 e. The van der Waals surface area contributed by atoms with Gasteiger partial charge in [-0.3, -0.25) is 19.6 Å². The molecule has 0 bridgehead atoms. The van der Waals surface area contributed by atoms with Crippen LogP contribution in [0, 0.1) is 0 Å². The Labute approximate surface area is 123 Å². The van der Waals surface area contributed by atoms with E-state index in [2.05, 4.69) is 9.98 Å². The summed E-state index contributed by atoms with van der Waals surface area (Å²) in [5, 5.41) is 1.17. The molecule has 2 aliphatic heterocycles. The Bertz CT molecular complexity index is 1050. The van der Waals surface area contributed by atoms with Crippen molar-refractivity contribution >= 4 is 54.3 Å². The van der Waals surface area contributed by atoms with Gasteiger partial charge in [-0.15, -0.1) is 11.3 Å². The van der Waals surface area contributed by atoms with Gasteiger partial charge in [-0.1, -0.05) is 0 Å². The molecule has 2 aromatic carbocycles. The van der Waals surface area contributed by atoms with Crippen LogP contribution >= 0.6 is 11.3 Å². The molecule has 5 heteroatoms. The zero-order chi connectivity index (χ0) is 14.5. The Morgan fingerprint density at radius 2 is 1.24 bits per heavy atom. The minimum atomic E-state index is -0.0791. The molecule has 0 saturated heterocycles.